The Hall–Kier alpha value is -2.00. The molecule has 0 amide bonds. The summed E-state index contributed by atoms with van der Waals surface area (Å²) in [4.78, 5) is 9.73. The summed E-state index contributed by atoms with van der Waals surface area (Å²) in [7, 11) is -0.237. The fourth-order valence-electron chi connectivity index (χ4n) is 3.08. The van der Waals surface area contributed by atoms with E-state index in [1.165, 1.54) is 0 Å². The average molecular weight is 377 g/mol. The second-order valence-electron chi connectivity index (χ2n) is 6.11. The molecule has 2 aromatic rings. The lowest BCUT2D eigenvalue weighted by Crippen LogP contribution is -2.40. The number of hydroxylamine groups is 2. The van der Waals surface area contributed by atoms with Crippen molar-refractivity contribution in [3.8, 4) is 5.75 Å². The second-order valence-corrected chi connectivity index (χ2v) is 8.10. The third-order valence-corrected chi connectivity index (χ3v) is 6.23. The van der Waals surface area contributed by atoms with Gasteiger partial charge < -0.3 is 4.74 Å². The van der Waals surface area contributed by atoms with E-state index in [9.17, 15) is 8.42 Å². The number of hydrogen-bond acceptors (Lipinski definition) is 6. The molecular weight excluding hydrogens is 354 g/mol. The molecule has 0 aliphatic carbocycles. The Labute approximate surface area is 154 Å². The highest BCUT2D eigenvalue weighted by molar-refractivity contribution is 7.90. The summed E-state index contributed by atoms with van der Waals surface area (Å²) < 4.78 is 33.6. The summed E-state index contributed by atoms with van der Waals surface area (Å²) in [5.74, 6) is 0.682. The van der Waals surface area contributed by atoms with Crippen LogP contribution in [0, 0.1) is 0 Å². The van der Waals surface area contributed by atoms with Crippen LogP contribution in [0.3, 0.4) is 0 Å². The summed E-state index contributed by atoms with van der Waals surface area (Å²) in [5, 5.41) is 0.889. The Morgan fingerprint density at radius 2 is 2.15 bits per heavy atom. The maximum Gasteiger partial charge on any atom is 0.218 e. The molecule has 1 fully saturated rings. The number of methoxy groups -OCH3 is 1. The Kier molecular flexibility index (Phi) is 5.87. The lowest BCUT2D eigenvalue weighted by molar-refractivity contribution is -0.110. The Bertz CT molecular complexity index is 829. The zero-order valence-corrected chi connectivity index (χ0v) is 15.6. The predicted molar refractivity (Wildman–Crippen MR) is 98.1 cm³/mol. The number of nitrogens with one attached hydrogen (secondary N) is 1. The van der Waals surface area contributed by atoms with E-state index in [-0.39, 0.29) is 6.61 Å². The Morgan fingerprint density at radius 3 is 2.88 bits per heavy atom. The van der Waals surface area contributed by atoms with Crippen molar-refractivity contribution in [1.82, 2.24) is 14.8 Å². The van der Waals surface area contributed by atoms with Crippen LogP contribution in [0.25, 0.3) is 0 Å². The van der Waals surface area contributed by atoms with Gasteiger partial charge in [-0.2, -0.15) is 5.06 Å². The highest BCUT2D eigenvalue weighted by Crippen LogP contribution is 2.34. The zero-order chi connectivity index (χ0) is 18.6. The maximum atomic E-state index is 12.8. The fraction of sp³-hybridized carbons (Fsp3) is 0.389. The molecule has 2 heterocycles. The van der Waals surface area contributed by atoms with Gasteiger partial charge in [0.05, 0.1) is 19.8 Å². The zero-order valence-electron chi connectivity index (χ0n) is 14.8. The van der Waals surface area contributed by atoms with Gasteiger partial charge in [-0.15, -0.1) is 0 Å². The molecule has 0 radical (unpaired) electrons. The van der Waals surface area contributed by atoms with Crippen molar-refractivity contribution in [2.75, 3.05) is 27.3 Å². The normalized spacial score (nSPS) is 21.0. The van der Waals surface area contributed by atoms with Crippen LogP contribution in [-0.2, 0) is 21.3 Å². The van der Waals surface area contributed by atoms with Crippen molar-refractivity contribution >= 4 is 10.0 Å². The van der Waals surface area contributed by atoms with Gasteiger partial charge in [-0.1, -0.05) is 18.2 Å². The minimum Gasteiger partial charge on any atom is -0.497 e. The number of rotatable bonds is 7. The van der Waals surface area contributed by atoms with E-state index in [4.69, 9.17) is 9.57 Å². The molecule has 8 heteroatoms. The monoisotopic (exact) mass is 377 g/mol. The molecule has 1 aliphatic heterocycles. The summed E-state index contributed by atoms with van der Waals surface area (Å²) >= 11 is 0. The van der Waals surface area contributed by atoms with E-state index in [0.717, 1.165) is 11.3 Å². The van der Waals surface area contributed by atoms with Crippen LogP contribution >= 0.6 is 0 Å². The van der Waals surface area contributed by atoms with Gasteiger partial charge in [-0.3, -0.25) is 9.82 Å². The first kappa shape index (κ1) is 18.8. The van der Waals surface area contributed by atoms with Crippen molar-refractivity contribution in [2.24, 2.45) is 0 Å². The molecule has 3 rings (SSSR count). The molecule has 2 atom stereocenters. The van der Waals surface area contributed by atoms with E-state index in [1.54, 1.807) is 25.4 Å². The lowest BCUT2D eigenvalue weighted by Gasteiger charge is -2.23. The minimum atomic E-state index is -3.57. The van der Waals surface area contributed by atoms with Gasteiger partial charge in [-0.25, -0.2) is 13.1 Å². The molecule has 1 aliphatic rings. The van der Waals surface area contributed by atoms with Crippen molar-refractivity contribution in [3.05, 3.63) is 59.9 Å². The third-order valence-electron chi connectivity index (χ3n) is 4.43. The molecule has 7 nitrogen and oxygen atoms in total. The van der Waals surface area contributed by atoms with Gasteiger partial charge >= 0.3 is 0 Å². The molecule has 1 N–H and O–H groups in total. The molecule has 26 heavy (non-hydrogen) atoms. The molecule has 2 unspecified atom stereocenters. The maximum absolute atomic E-state index is 12.8. The SMILES string of the molecule is COc1cccc(C2C(S(=O)(=O)NCCc3ccccn3)CON2C)c1. The predicted octanol–water partition coefficient (Wildman–Crippen LogP) is 1.54. The van der Waals surface area contributed by atoms with Crippen molar-refractivity contribution in [2.45, 2.75) is 17.7 Å². The van der Waals surface area contributed by atoms with Gasteiger partial charge in [0, 0.05) is 31.9 Å². The standard InChI is InChI=1S/C18H23N3O4S/c1-21-18(14-6-5-8-16(12-14)24-2)17(13-25-21)26(22,23)20-11-9-15-7-3-4-10-19-15/h3-8,10,12,17-18,20H,9,11,13H2,1-2H3. The van der Waals surface area contributed by atoms with E-state index < -0.39 is 21.3 Å². The molecule has 0 saturated carbocycles. The average Bonchev–Trinajstić information content (AvgIpc) is 3.05. The van der Waals surface area contributed by atoms with E-state index in [0.29, 0.717) is 18.7 Å². The number of pyridine rings is 1. The molecule has 1 aromatic carbocycles. The largest absolute Gasteiger partial charge is 0.497 e. The van der Waals surface area contributed by atoms with Crippen LogP contribution in [-0.4, -0.2) is 51.0 Å². The summed E-state index contributed by atoms with van der Waals surface area (Å²) in [6.45, 7) is 0.404. The summed E-state index contributed by atoms with van der Waals surface area (Å²) in [6.07, 6.45) is 2.23. The molecule has 0 spiro atoms. The van der Waals surface area contributed by atoms with Gasteiger partial charge in [-0.05, 0) is 29.8 Å². The highest BCUT2D eigenvalue weighted by Gasteiger charge is 2.43. The lowest BCUT2D eigenvalue weighted by atomic mass is 10.0. The minimum absolute atomic E-state index is 0.108. The number of sulfonamides is 1. The number of nitrogens with zero attached hydrogens (tertiary/aromatic N) is 2. The van der Waals surface area contributed by atoms with Crippen LogP contribution in [0.5, 0.6) is 5.75 Å². The fourth-order valence-corrected chi connectivity index (χ4v) is 4.59. The van der Waals surface area contributed by atoms with Crippen LogP contribution in [0.1, 0.15) is 17.3 Å². The van der Waals surface area contributed by atoms with E-state index >= 15 is 0 Å². The number of ether oxygens (including phenoxy) is 1. The molecule has 140 valence electrons. The van der Waals surface area contributed by atoms with Crippen LogP contribution in [0.4, 0.5) is 0 Å². The molecule has 1 saturated heterocycles. The van der Waals surface area contributed by atoms with E-state index in [2.05, 4.69) is 9.71 Å². The van der Waals surface area contributed by atoms with Gasteiger partial charge in [0.15, 0.2) is 0 Å². The highest BCUT2D eigenvalue weighted by atomic mass is 32.2. The van der Waals surface area contributed by atoms with Crippen molar-refractivity contribution < 1.29 is 18.0 Å². The Balaban J connectivity index is 1.72. The summed E-state index contributed by atoms with van der Waals surface area (Å²) in [6, 6.07) is 12.6. The molecule has 0 bridgehead atoms. The topological polar surface area (TPSA) is 80.8 Å². The van der Waals surface area contributed by atoms with Crippen LogP contribution < -0.4 is 9.46 Å². The van der Waals surface area contributed by atoms with Crippen molar-refractivity contribution in [1.29, 1.82) is 0 Å². The molecule has 1 aromatic heterocycles. The smallest absolute Gasteiger partial charge is 0.218 e. The summed E-state index contributed by atoms with van der Waals surface area (Å²) in [5.41, 5.74) is 1.68. The van der Waals surface area contributed by atoms with Crippen LogP contribution in [0.15, 0.2) is 48.7 Å². The number of benzene rings is 1. The first-order valence-corrected chi connectivity index (χ1v) is 9.94. The number of hydrogen-bond donors (Lipinski definition) is 1. The molecular formula is C18H23N3O4S. The first-order valence-electron chi connectivity index (χ1n) is 8.39. The second kappa shape index (κ2) is 8.13. The number of aromatic nitrogens is 1. The third kappa shape index (κ3) is 4.21. The Morgan fingerprint density at radius 1 is 1.31 bits per heavy atom. The van der Waals surface area contributed by atoms with Crippen LogP contribution in [0.2, 0.25) is 0 Å². The van der Waals surface area contributed by atoms with Gasteiger partial charge in [0.1, 0.15) is 11.0 Å². The first-order chi connectivity index (χ1) is 12.5. The van der Waals surface area contributed by atoms with Gasteiger partial charge in [0.2, 0.25) is 10.0 Å². The van der Waals surface area contributed by atoms with E-state index in [1.807, 2.05) is 42.5 Å². The van der Waals surface area contributed by atoms with Gasteiger partial charge in [0.25, 0.3) is 0 Å². The van der Waals surface area contributed by atoms with Crippen molar-refractivity contribution in [3.63, 3.8) is 0 Å². The quantitative estimate of drug-likeness (QED) is 0.788.